The van der Waals surface area contributed by atoms with Gasteiger partial charge in [-0.25, -0.2) is 4.37 Å². The van der Waals surface area contributed by atoms with Gasteiger partial charge in [0.25, 0.3) is 5.91 Å². The first kappa shape index (κ1) is 16.7. The molecule has 0 spiro atoms. The standard InChI is InChI=1S/C21H21N3O2S/c25-21(23-17-13-24-11-8-14(17)9-12-24)19-6-5-18(26-19)15-3-1-2-4-16(15)20-7-10-22-27-20/h1-7,10,14,17H,8-9,11-13H2,(H,23,25). The fourth-order valence-electron chi connectivity index (χ4n) is 4.24. The number of hydrogen-bond donors (Lipinski definition) is 1. The Morgan fingerprint density at radius 1 is 1.11 bits per heavy atom. The SMILES string of the molecule is O=C(NC1CN2CCC1CC2)c1ccc(-c2ccccc2-c2ccns2)o1. The van der Waals surface area contributed by atoms with E-state index < -0.39 is 0 Å². The minimum atomic E-state index is -0.115. The molecular weight excluding hydrogens is 358 g/mol. The van der Waals surface area contributed by atoms with Crippen molar-refractivity contribution in [3.8, 4) is 21.8 Å². The Morgan fingerprint density at radius 2 is 1.93 bits per heavy atom. The van der Waals surface area contributed by atoms with E-state index >= 15 is 0 Å². The van der Waals surface area contributed by atoms with Gasteiger partial charge in [0.2, 0.25) is 0 Å². The zero-order valence-corrected chi connectivity index (χ0v) is 15.7. The van der Waals surface area contributed by atoms with Crippen LogP contribution in [0.25, 0.3) is 21.8 Å². The van der Waals surface area contributed by atoms with E-state index in [0.717, 1.165) is 35.6 Å². The number of aromatic nitrogens is 1. The molecule has 27 heavy (non-hydrogen) atoms. The number of hydrogen-bond acceptors (Lipinski definition) is 5. The number of piperidine rings is 3. The number of carbonyl (C=O) groups excluding carboxylic acids is 1. The van der Waals surface area contributed by atoms with E-state index in [0.29, 0.717) is 17.4 Å². The molecule has 138 valence electrons. The summed E-state index contributed by atoms with van der Waals surface area (Å²) in [6.45, 7) is 3.28. The average Bonchev–Trinajstić information content (AvgIpc) is 3.41. The molecule has 1 atom stereocenters. The third-order valence-corrected chi connectivity index (χ3v) is 6.48. The van der Waals surface area contributed by atoms with Gasteiger partial charge in [-0.2, -0.15) is 0 Å². The van der Waals surface area contributed by atoms with Crippen molar-refractivity contribution in [2.45, 2.75) is 18.9 Å². The highest BCUT2D eigenvalue weighted by atomic mass is 32.1. The molecule has 0 saturated carbocycles. The monoisotopic (exact) mass is 379 g/mol. The Morgan fingerprint density at radius 3 is 2.63 bits per heavy atom. The Labute approximate surface area is 162 Å². The van der Waals surface area contributed by atoms with Crippen LogP contribution in [0.15, 0.2) is 53.1 Å². The van der Waals surface area contributed by atoms with Gasteiger partial charge >= 0.3 is 0 Å². The van der Waals surface area contributed by atoms with Crippen molar-refractivity contribution >= 4 is 17.4 Å². The van der Waals surface area contributed by atoms with Crippen LogP contribution in [0.3, 0.4) is 0 Å². The van der Waals surface area contributed by atoms with E-state index in [1.54, 1.807) is 12.3 Å². The summed E-state index contributed by atoms with van der Waals surface area (Å²) in [5.74, 6) is 1.56. The fourth-order valence-corrected chi connectivity index (χ4v) is 4.87. The van der Waals surface area contributed by atoms with E-state index in [2.05, 4.69) is 20.7 Å². The van der Waals surface area contributed by atoms with Crippen molar-refractivity contribution in [2.24, 2.45) is 5.92 Å². The van der Waals surface area contributed by atoms with E-state index in [-0.39, 0.29) is 11.9 Å². The van der Waals surface area contributed by atoms with Crippen molar-refractivity contribution in [2.75, 3.05) is 19.6 Å². The lowest BCUT2D eigenvalue weighted by Gasteiger charge is -2.44. The molecule has 2 aromatic heterocycles. The molecule has 1 N–H and O–H groups in total. The molecule has 6 heteroatoms. The van der Waals surface area contributed by atoms with E-state index in [1.807, 2.05) is 30.3 Å². The summed E-state index contributed by atoms with van der Waals surface area (Å²) >= 11 is 1.45. The molecule has 5 heterocycles. The van der Waals surface area contributed by atoms with E-state index in [9.17, 15) is 4.79 Å². The molecule has 3 aromatic rings. The number of fused-ring (bicyclic) bond motifs is 3. The van der Waals surface area contributed by atoms with Gasteiger partial charge in [0, 0.05) is 29.9 Å². The van der Waals surface area contributed by atoms with Gasteiger partial charge in [0.1, 0.15) is 5.76 Å². The van der Waals surface area contributed by atoms with Crippen molar-refractivity contribution in [1.82, 2.24) is 14.6 Å². The average molecular weight is 379 g/mol. The third kappa shape index (κ3) is 3.19. The number of nitrogens with one attached hydrogen (secondary N) is 1. The Bertz CT molecular complexity index is 942. The summed E-state index contributed by atoms with van der Waals surface area (Å²) in [6.07, 6.45) is 4.15. The normalized spacial score (nSPS) is 24.1. The van der Waals surface area contributed by atoms with E-state index in [4.69, 9.17) is 4.42 Å². The number of amides is 1. The lowest BCUT2D eigenvalue weighted by Crippen LogP contribution is -2.57. The topological polar surface area (TPSA) is 58.4 Å². The van der Waals surface area contributed by atoms with Gasteiger partial charge < -0.3 is 14.6 Å². The molecule has 3 saturated heterocycles. The zero-order valence-electron chi connectivity index (χ0n) is 14.9. The maximum absolute atomic E-state index is 12.7. The van der Waals surface area contributed by atoms with Gasteiger partial charge in [0.05, 0.1) is 4.88 Å². The van der Waals surface area contributed by atoms with Gasteiger partial charge in [-0.1, -0.05) is 24.3 Å². The predicted molar refractivity (Wildman–Crippen MR) is 106 cm³/mol. The van der Waals surface area contributed by atoms with Crippen LogP contribution in [-0.4, -0.2) is 40.9 Å². The molecule has 0 aliphatic carbocycles. The summed E-state index contributed by atoms with van der Waals surface area (Å²) in [5, 5.41) is 3.19. The molecule has 0 radical (unpaired) electrons. The molecule has 3 aliphatic rings. The fraction of sp³-hybridized carbons (Fsp3) is 0.333. The van der Waals surface area contributed by atoms with Crippen LogP contribution >= 0.6 is 11.5 Å². The molecule has 3 aliphatic heterocycles. The summed E-state index contributed by atoms with van der Waals surface area (Å²) in [6, 6.07) is 13.9. The summed E-state index contributed by atoms with van der Waals surface area (Å²) in [4.78, 5) is 16.2. The Balaban J connectivity index is 1.37. The molecular formula is C21H21N3O2S. The minimum Gasteiger partial charge on any atom is -0.451 e. The first-order valence-electron chi connectivity index (χ1n) is 9.41. The third-order valence-electron chi connectivity index (χ3n) is 5.70. The van der Waals surface area contributed by atoms with Gasteiger partial charge in [-0.3, -0.25) is 4.79 Å². The van der Waals surface area contributed by atoms with Gasteiger partial charge in [-0.05, 0) is 61.6 Å². The first-order valence-corrected chi connectivity index (χ1v) is 10.2. The molecule has 2 bridgehead atoms. The molecule has 6 rings (SSSR count). The second-order valence-electron chi connectivity index (χ2n) is 7.30. The molecule has 3 fully saturated rings. The highest BCUT2D eigenvalue weighted by Gasteiger charge is 2.35. The van der Waals surface area contributed by atoms with Crippen LogP contribution in [0, 0.1) is 5.92 Å². The zero-order chi connectivity index (χ0) is 18.2. The summed E-state index contributed by atoms with van der Waals surface area (Å²) in [5.41, 5.74) is 2.04. The van der Waals surface area contributed by atoms with Gasteiger partial charge in [0.15, 0.2) is 5.76 Å². The van der Waals surface area contributed by atoms with Gasteiger partial charge in [-0.15, -0.1) is 0 Å². The highest BCUT2D eigenvalue weighted by molar-refractivity contribution is 7.09. The lowest BCUT2D eigenvalue weighted by atomic mass is 9.84. The maximum atomic E-state index is 12.7. The minimum absolute atomic E-state index is 0.115. The maximum Gasteiger partial charge on any atom is 0.287 e. The van der Waals surface area contributed by atoms with Crippen LogP contribution < -0.4 is 5.32 Å². The number of benzene rings is 1. The number of rotatable bonds is 4. The molecule has 5 nitrogen and oxygen atoms in total. The van der Waals surface area contributed by atoms with Crippen LogP contribution in [0.4, 0.5) is 0 Å². The second kappa shape index (κ2) is 6.94. The van der Waals surface area contributed by atoms with Crippen LogP contribution in [-0.2, 0) is 0 Å². The summed E-state index contributed by atoms with van der Waals surface area (Å²) in [7, 11) is 0. The predicted octanol–water partition coefficient (Wildman–Crippen LogP) is 3.89. The number of furan rings is 1. The molecule has 1 amide bonds. The van der Waals surface area contributed by atoms with Crippen molar-refractivity contribution in [3.63, 3.8) is 0 Å². The molecule has 1 aromatic carbocycles. The summed E-state index contributed by atoms with van der Waals surface area (Å²) < 4.78 is 10.1. The largest absolute Gasteiger partial charge is 0.451 e. The second-order valence-corrected chi connectivity index (χ2v) is 8.14. The molecule has 1 unspecified atom stereocenters. The Hall–Kier alpha value is -2.44. The van der Waals surface area contributed by atoms with Crippen molar-refractivity contribution in [3.05, 3.63) is 54.4 Å². The first-order chi connectivity index (χ1) is 13.3. The Kier molecular flexibility index (Phi) is 4.30. The van der Waals surface area contributed by atoms with Crippen molar-refractivity contribution < 1.29 is 9.21 Å². The van der Waals surface area contributed by atoms with Crippen LogP contribution in [0.5, 0.6) is 0 Å². The van der Waals surface area contributed by atoms with Crippen LogP contribution in [0.2, 0.25) is 0 Å². The smallest absolute Gasteiger partial charge is 0.287 e. The van der Waals surface area contributed by atoms with Crippen molar-refractivity contribution in [1.29, 1.82) is 0 Å². The quantitative estimate of drug-likeness (QED) is 0.747. The van der Waals surface area contributed by atoms with E-state index in [1.165, 1.54) is 24.4 Å². The lowest BCUT2D eigenvalue weighted by molar-refractivity contribution is 0.0606. The number of nitrogens with zero attached hydrogens (tertiary/aromatic N) is 2. The van der Waals surface area contributed by atoms with Crippen LogP contribution in [0.1, 0.15) is 23.4 Å². The number of carbonyl (C=O) groups is 1. The highest BCUT2D eigenvalue weighted by Crippen LogP contribution is 2.34.